The van der Waals surface area contributed by atoms with Crippen molar-refractivity contribution in [2.75, 3.05) is 26.4 Å². The van der Waals surface area contributed by atoms with Gasteiger partial charge in [-0.3, -0.25) is 23.4 Å². The van der Waals surface area contributed by atoms with Crippen LogP contribution >= 0.6 is 7.82 Å². The van der Waals surface area contributed by atoms with Gasteiger partial charge in [0.1, 0.15) is 12.7 Å². The first-order valence-corrected chi connectivity index (χ1v) is 33.7. The number of allylic oxidation sites excluding steroid dienone is 4. The number of aliphatic hydroxyl groups is 1. The van der Waals surface area contributed by atoms with Gasteiger partial charge in [0.05, 0.1) is 19.8 Å². The van der Waals surface area contributed by atoms with Crippen LogP contribution in [0.5, 0.6) is 0 Å². The van der Waals surface area contributed by atoms with Crippen molar-refractivity contribution in [1.29, 1.82) is 0 Å². The van der Waals surface area contributed by atoms with E-state index in [2.05, 4.69) is 45.1 Å². The maximum absolute atomic E-state index is 13.0. The van der Waals surface area contributed by atoms with Crippen LogP contribution in [0.25, 0.3) is 0 Å². The summed E-state index contributed by atoms with van der Waals surface area (Å²) in [6.45, 7) is 4.69. The van der Waals surface area contributed by atoms with E-state index in [-0.39, 0.29) is 25.9 Å². The molecule has 12 heteroatoms. The van der Waals surface area contributed by atoms with Crippen LogP contribution in [0.4, 0.5) is 0 Å². The van der Waals surface area contributed by atoms with Crippen LogP contribution < -0.4 is 0 Å². The average Bonchev–Trinajstić information content (AvgIpc) is 3.41. The van der Waals surface area contributed by atoms with E-state index >= 15 is 0 Å². The molecule has 0 amide bonds. The molecular weight excluding hydrogens is 976 g/mol. The Balaban J connectivity index is 4.65. The van der Waals surface area contributed by atoms with Crippen LogP contribution in [-0.2, 0) is 42.2 Å². The molecule has 0 radical (unpaired) electrons. The zero-order valence-electron chi connectivity index (χ0n) is 49.7. The number of phosphoric acid groups is 1. The number of phosphoric ester groups is 1. The summed E-state index contributed by atoms with van der Waals surface area (Å²) in [6.07, 6.45) is 61.3. The fraction of sp³-hybridized carbons (Fsp3) is 0.891. The normalized spacial score (nSPS) is 13.4. The van der Waals surface area contributed by atoms with Crippen LogP contribution in [-0.4, -0.2) is 66.5 Å². The van der Waals surface area contributed by atoms with Gasteiger partial charge < -0.3 is 24.2 Å². The number of ether oxygens (including phenoxy) is 3. The smallest absolute Gasteiger partial charge is 0.462 e. The molecule has 76 heavy (non-hydrogen) atoms. The lowest BCUT2D eigenvalue weighted by Crippen LogP contribution is -2.30. The molecule has 0 bridgehead atoms. The highest BCUT2D eigenvalue weighted by Crippen LogP contribution is 2.43. The summed E-state index contributed by atoms with van der Waals surface area (Å²) in [5, 5.41) is 9.84. The molecule has 0 aromatic carbocycles. The quantitative estimate of drug-likeness (QED) is 0.0197. The molecule has 0 saturated heterocycles. The van der Waals surface area contributed by atoms with Crippen molar-refractivity contribution in [2.24, 2.45) is 0 Å². The van der Waals surface area contributed by atoms with Gasteiger partial charge in [0.15, 0.2) is 6.10 Å². The van der Waals surface area contributed by atoms with Gasteiger partial charge in [-0.05, 0) is 51.4 Å². The number of rotatable bonds is 61. The van der Waals surface area contributed by atoms with Crippen molar-refractivity contribution in [2.45, 2.75) is 341 Å². The predicted octanol–water partition coefficient (Wildman–Crippen LogP) is 19.4. The van der Waals surface area contributed by atoms with Gasteiger partial charge in [0.2, 0.25) is 0 Å². The first-order chi connectivity index (χ1) is 37.2. The zero-order chi connectivity index (χ0) is 55.5. The molecule has 0 aromatic heterocycles. The lowest BCUT2D eigenvalue weighted by molar-refractivity contribution is -0.161. The molecule has 0 rings (SSSR count). The largest absolute Gasteiger partial charge is 0.472 e. The third kappa shape index (κ3) is 56.7. The Labute approximate surface area is 468 Å². The molecule has 0 aliphatic carbocycles. The number of aliphatic hydroxyl groups excluding tert-OH is 1. The van der Waals surface area contributed by atoms with Crippen molar-refractivity contribution in [3.63, 3.8) is 0 Å². The fourth-order valence-corrected chi connectivity index (χ4v) is 10.2. The van der Waals surface area contributed by atoms with Crippen molar-refractivity contribution in [3.8, 4) is 0 Å². The van der Waals surface area contributed by atoms with Gasteiger partial charge in [0.25, 0.3) is 0 Å². The Morgan fingerprint density at radius 3 is 1.00 bits per heavy atom. The molecule has 0 aliphatic rings. The van der Waals surface area contributed by atoms with Gasteiger partial charge in [0, 0.05) is 19.3 Å². The van der Waals surface area contributed by atoms with E-state index in [1.54, 1.807) is 0 Å². The lowest BCUT2D eigenvalue weighted by Gasteiger charge is -2.21. The highest BCUT2D eigenvalue weighted by atomic mass is 31.2. The monoisotopic (exact) mass is 1100 g/mol. The average molecular weight is 1100 g/mol. The van der Waals surface area contributed by atoms with E-state index < -0.39 is 57.8 Å². The third-order valence-corrected chi connectivity index (χ3v) is 15.3. The zero-order valence-corrected chi connectivity index (χ0v) is 50.6. The van der Waals surface area contributed by atoms with E-state index in [0.29, 0.717) is 19.3 Å². The third-order valence-electron chi connectivity index (χ3n) is 14.4. The van der Waals surface area contributed by atoms with E-state index in [9.17, 15) is 28.9 Å². The molecule has 0 aliphatic heterocycles. The summed E-state index contributed by atoms with van der Waals surface area (Å²) in [4.78, 5) is 48.7. The number of hydrogen-bond donors (Lipinski definition) is 2. The Morgan fingerprint density at radius 2 is 0.645 bits per heavy atom. The minimum Gasteiger partial charge on any atom is -0.462 e. The summed E-state index contributed by atoms with van der Waals surface area (Å²) in [5.74, 6) is -1.44. The number of unbranched alkanes of at least 4 members (excludes halogenated alkanes) is 40. The Morgan fingerprint density at radius 1 is 0.368 bits per heavy atom. The molecule has 0 spiro atoms. The summed E-state index contributed by atoms with van der Waals surface area (Å²) < 4.78 is 39.7. The SMILES string of the molecule is CCCCC/C=C\C/C=C\CCCCCCCC(=O)OC(CO)COP(=O)(O)OCC(COC(=O)CCCCCCCCCCCCCCCCC)OC(=O)CCCCCCCCCCCCCCCCCCCCC. The molecule has 2 N–H and O–H groups in total. The number of carbonyl (C=O) groups is 3. The first-order valence-electron chi connectivity index (χ1n) is 32.2. The van der Waals surface area contributed by atoms with Crippen molar-refractivity contribution < 1.29 is 52.2 Å². The van der Waals surface area contributed by atoms with Crippen molar-refractivity contribution in [1.82, 2.24) is 0 Å². The minimum absolute atomic E-state index is 0.166. The van der Waals surface area contributed by atoms with Crippen LogP contribution in [0, 0.1) is 0 Å². The molecule has 0 fully saturated rings. The molecular formula is C64H121O11P. The minimum atomic E-state index is -4.75. The van der Waals surface area contributed by atoms with Gasteiger partial charge >= 0.3 is 25.7 Å². The highest BCUT2D eigenvalue weighted by Gasteiger charge is 2.28. The Hall–Kier alpha value is -2.04. The molecule has 0 saturated carbocycles. The summed E-state index contributed by atoms with van der Waals surface area (Å²) in [6, 6.07) is 0. The lowest BCUT2D eigenvalue weighted by atomic mass is 10.0. The summed E-state index contributed by atoms with van der Waals surface area (Å²) >= 11 is 0. The van der Waals surface area contributed by atoms with Crippen LogP contribution in [0.1, 0.15) is 329 Å². The molecule has 11 nitrogen and oxygen atoms in total. The second kappa shape index (κ2) is 59.1. The van der Waals surface area contributed by atoms with Crippen LogP contribution in [0.3, 0.4) is 0 Å². The highest BCUT2D eigenvalue weighted by molar-refractivity contribution is 7.47. The van der Waals surface area contributed by atoms with Crippen LogP contribution in [0.15, 0.2) is 24.3 Å². The van der Waals surface area contributed by atoms with E-state index in [1.807, 2.05) is 0 Å². The van der Waals surface area contributed by atoms with E-state index in [0.717, 1.165) is 83.5 Å². The maximum atomic E-state index is 13.0. The summed E-state index contributed by atoms with van der Waals surface area (Å²) in [5.41, 5.74) is 0. The van der Waals surface area contributed by atoms with Gasteiger partial charge in [-0.25, -0.2) is 4.57 Å². The number of hydrogen-bond acceptors (Lipinski definition) is 10. The summed E-state index contributed by atoms with van der Waals surface area (Å²) in [7, 11) is -4.75. The Bertz CT molecular complexity index is 1370. The maximum Gasteiger partial charge on any atom is 0.472 e. The van der Waals surface area contributed by atoms with Gasteiger partial charge in [-0.1, -0.05) is 283 Å². The second-order valence-electron chi connectivity index (χ2n) is 21.9. The fourth-order valence-electron chi connectivity index (χ4n) is 9.45. The van der Waals surface area contributed by atoms with E-state index in [1.165, 1.54) is 186 Å². The molecule has 0 heterocycles. The molecule has 3 atom stereocenters. The number of esters is 3. The standard InChI is InChI=1S/C64H121O11P/c1-4-7-10-13-16-19-22-25-28-29-30-31-34-37-40-43-46-49-52-55-64(68)75-61(57-71-62(66)53-50-47-44-41-38-35-32-26-23-20-17-14-11-8-5-2)59-73-76(69,70)72-58-60(56-65)74-63(67)54-51-48-45-42-39-36-33-27-24-21-18-15-12-9-6-3/h18,21,27,33,60-61,65H,4-17,19-20,22-26,28-32,34-59H2,1-3H3,(H,69,70)/b21-18-,33-27-. The van der Waals surface area contributed by atoms with Gasteiger partial charge in [-0.15, -0.1) is 0 Å². The molecule has 448 valence electrons. The predicted molar refractivity (Wildman–Crippen MR) is 316 cm³/mol. The van der Waals surface area contributed by atoms with Crippen molar-refractivity contribution in [3.05, 3.63) is 24.3 Å². The Kier molecular flexibility index (Phi) is 57.5. The van der Waals surface area contributed by atoms with E-state index in [4.69, 9.17) is 23.3 Å². The molecule has 3 unspecified atom stereocenters. The molecule has 0 aromatic rings. The topological polar surface area (TPSA) is 155 Å². The second-order valence-corrected chi connectivity index (χ2v) is 23.4. The number of carbonyl (C=O) groups excluding carboxylic acids is 3. The van der Waals surface area contributed by atoms with Crippen molar-refractivity contribution >= 4 is 25.7 Å². The van der Waals surface area contributed by atoms with Crippen LogP contribution in [0.2, 0.25) is 0 Å². The first kappa shape index (κ1) is 74.0. The van der Waals surface area contributed by atoms with Gasteiger partial charge in [-0.2, -0.15) is 0 Å².